The van der Waals surface area contributed by atoms with Crippen LogP contribution < -0.4 is 15.5 Å². The maximum atomic E-state index is 12.9. The molecule has 6 nitrogen and oxygen atoms in total. The molecule has 2 aromatic rings. The molecule has 1 atom stereocenters. The van der Waals surface area contributed by atoms with Crippen LogP contribution in [-0.2, 0) is 9.59 Å². The van der Waals surface area contributed by atoms with Crippen LogP contribution in [0.15, 0.2) is 42.5 Å². The zero-order valence-electron chi connectivity index (χ0n) is 18.0. The fourth-order valence-corrected chi connectivity index (χ4v) is 3.62. The number of anilines is 2. The van der Waals surface area contributed by atoms with Crippen LogP contribution in [0.5, 0.6) is 0 Å². The molecule has 1 fully saturated rings. The Morgan fingerprint density at radius 3 is 2.30 bits per heavy atom. The van der Waals surface area contributed by atoms with Crippen molar-refractivity contribution in [1.82, 2.24) is 5.32 Å². The number of aryl methyl sites for hydroxylation is 2. The fourth-order valence-electron chi connectivity index (χ4n) is 3.62. The number of benzene rings is 2. The lowest BCUT2D eigenvalue weighted by molar-refractivity contribution is -0.119. The van der Waals surface area contributed by atoms with Crippen molar-refractivity contribution in [3.05, 3.63) is 59.2 Å². The van der Waals surface area contributed by atoms with E-state index >= 15 is 0 Å². The Balaban J connectivity index is 1.70. The van der Waals surface area contributed by atoms with Crippen molar-refractivity contribution in [2.75, 3.05) is 16.8 Å². The smallest absolute Gasteiger partial charge is 0.251 e. The summed E-state index contributed by atoms with van der Waals surface area (Å²) in [4.78, 5) is 39.3. The number of rotatable bonds is 6. The lowest BCUT2D eigenvalue weighted by Crippen LogP contribution is -2.47. The molecule has 1 aliphatic rings. The van der Waals surface area contributed by atoms with E-state index in [1.54, 1.807) is 23.1 Å². The third-order valence-corrected chi connectivity index (χ3v) is 5.38. The van der Waals surface area contributed by atoms with Crippen molar-refractivity contribution >= 4 is 29.1 Å². The maximum absolute atomic E-state index is 12.9. The summed E-state index contributed by atoms with van der Waals surface area (Å²) in [7, 11) is 0. The summed E-state index contributed by atoms with van der Waals surface area (Å²) in [5.41, 5.74) is 4.04. The summed E-state index contributed by atoms with van der Waals surface area (Å²) in [5, 5.41) is 5.75. The SMILES string of the molecule is Cc1ccc(C(=O)NC(C(=O)Nc2ccc(N3CCCC3=O)c(C)c2)C(C)C)cc1. The van der Waals surface area contributed by atoms with Crippen LogP contribution in [0, 0.1) is 19.8 Å². The quantitative estimate of drug-likeness (QED) is 0.764. The number of amides is 3. The third kappa shape index (κ3) is 4.87. The fraction of sp³-hybridized carbons (Fsp3) is 0.375. The zero-order valence-corrected chi connectivity index (χ0v) is 18.0. The van der Waals surface area contributed by atoms with Gasteiger partial charge in [-0.15, -0.1) is 0 Å². The predicted octanol–water partition coefficient (Wildman–Crippen LogP) is 3.82. The van der Waals surface area contributed by atoms with Gasteiger partial charge in [-0.1, -0.05) is 31.5 Å². The number of carbonyl (C=O) groups excluding carboxylic acids is 3. The van der Waals surface area contributed by atoms with Crippen LogP contribution >= 0.6 is 0 Å². The standard InChI is InChI=1S/C24H29N3O3/c1-15(2)22(26-23(29)18-9-7-16(3)8-10-18)24(30)25-19-11-12-20(17(4)14-19)27-13-5-6-21(27)28/h7-12,14-15,22H,5-6,13H2,1-4H3,(H,25,30)(H,26,29). The number of nitrogens with one attached hydrogen (secondary N) is 2. The van der Waals surface area contributed by atoms with E-state index in [1.165, 1.54) is 0 Å². The molecule has 1 heterocycles. The Bertz CT molecular complexity index is 951. The van der Waals surface area contributed by atoms with Crippen molar-refractivity contribution in [2.45, 2.75) is 46.6 Å². The minimum atomic E-state index is -0.668. The molecule has 0 saturated carbocycles. The van der Waals surface area contributed by atoms with Crippen molar-refractivity contribution in [2.24, 2.45) is 5.92 Å². The van der Waals surface area contributed by atoms with Gasteiger partial charge in [0.15, 0.2) is 0 Å². The summed E-state index contributed by atoms with van der Waals surface area (Å²) < 4.78 is 0. The molecule has 3 amide bonds. The first-order valence-corrected chi connectivity index (χ1v) is 10.4. The second-order valence-corrected chi connectivity index (χ2v) is 8.20. The van der Waals surface area contributed by atoms with Crippen LogP contribution in [0.2, 0.25) is 0 Å². The van der Waals surface area contributed by atoms with Crippen LogP contribution in [0.25, 0.3) is 0 Å². The molecule has 0 spiro atoms. The Labute approximate surface area is 177 Å². The first-order valence-electron chi connectivity index (χ1n) is 10.4. The lowest BCUT2D eigenvalue weighted by atomic mass is 10.0. The molecule has 1 saturated heterocycles. The molecule has 0 bridgehead atoms. The van der Waals surface area contributed by atoms with E-state index in [0.29, 0.717) is 17.7 Å². The van der Waals surface area contributed by atoms with Crippen LogP contribution in [0.3, 0.4) is 0 Å². The number of nitrogens with zero attached hydrogens (tertiary/aromatic N) is 1. The van der Waals surface area contributed by atoms with Crippen LogP contribution in [0.4, 0.5) is 11.4 Å². The highest BCUT2D eigenvalue weighted by molar-refractivity contribution is 6.02. The largest absolute Gasteiger partial charge is 0.340 e. The first kappa shape index (κ1) is 21.6. The van der Waals surface area contributed by atoms with E-state index in [-0.39, 0.29) is 23.6 Å². The highest BCUT2D eigenvalue weighted by atomic mass is 16.2. The van der Waals surface area contributed by atoms with E-state index < -0.39 is 6.04 Å². The molecule has 1 aliphatic heterocycles. The Morgan fingerprint density at radius 1 is 1.03 bits per heavy atom. The summed E-state index contributed by atoms with van der Waals surface area (Å²) in [6.07, 6.45) is 1.45. The lowest BCUT2D eigenvalue weighted by Gasteiger charge is -2.23. The second-order valence-electron chi connectivity index (χ2n) is 8.20. The highest BCUT2D eigenvalue weighted by Gasteiger charge is 2.26. The molecular formula is C24H29N3O3. The molecule has 0 aromatic heterocycles. The van der Waals surface area contributed by atoms with Gasteiger partial charge < -0.3 is 15.5 Å². The molecule has 6 heteroatoms. The number of hydrogen-bond donors (Lipinski definition) is 2. The predicted molar refractivity (Wildman–Crippen MR) is 119 cm³/mol. The van der Waals surface area contributed by atoms with E-state index in [0.717, 1.165) is 29.8 Å². The van der Waals surface area contributed by atoms with Crippen LogP contribution in [0.1, 0.15) is 48.2 Å². The number of carbonyl (C=O) groups is 3. The van der Waals surface area contributed by atoms with Gasteiger partial charge in [0.1, 0.15) is 6.04 Å². The van der Waals surface area contributed by atoms with E-state index in [4.69, 9.17) is 0 Å². The van der Waals surface area contributed by atoms with Crippen molar-refractivity contribution < 1.29 is 14.4 Å². The normalized spacial score (nSPS) is 14.7. The van der Waals surface area contributed by atoms with E-state index in [2.05, 4.69) is 10.6 Å². The molecule has 1 unspecified atom stereocenters. The van der Waals surface area contributed by atoms with Gasteiger partial charge in [-0.05, 0) is 62.1 Å². The van der Waals surface area contributed by atoms with Crippen molar-refractivity contribution in [1.29, 1.82) is 0 Å². The summed E-state index contributed by atoms with van der Waals surface area (Å²) >= 11 is 0. The van der Waals surface area contributed by atoms with Gasteiger partial charge in [0.25, 0.3) is 5.91 Å². The molecule has 2 N–H and O–H groups in total. The molecule has 30 heavy (non-hydrogen) atoms. The highest BCUT2D eigenvalue weighted by Crippen LogP contribution is 2.27. The van der Waals surface area contributed by atoms with Gasteiger partial charge in [-0.3, -0.25) is 14.4 Å². The second kappa shape index (κ2) is 9.11. The maximum Gasteiger partial charge on any atom is 0.251 e. The van der Waals surface area contributed by atoms with Crippen LogP contribution in [-0.4, -0.2) is 30.3 Å². The van der Waals surface area contributed by atoms with Gasteiger partial charge in [0.05, 0.1) is 0 Å². The van der Waals surface area contributed by atoms with Gasteiger partial charge in [-0.2, -0.15) is 0 Å². The third-order valence-electron chi connectivity index (χ3n) is 5.38. The minimum Gasteiger partial charge on any atom is -0.340 e. The Morgan fingerprint density at radius 2 is 1.73 bits per heavy atom. The number of hydrogen-bond acceptors (Lipinski definition) is 3. The van der Waals surface area contributed by atoms with E-state index in [9.17, 15) is 14.4 Å². The average Bonchev–Trinajstić information content (AvgIpc) is 3.12. The summed E-state index contributed by atoms with van der Waals surface area (Å²) in [6, 6.07) is 12.1. The van der Waals surface area contributed by atoms with Gasteiger partial charge in [0.2, 0.25) is 11.8 Å². The van der Waals surface area contributed by atoms with Crippen molar-refractivity contribution in [3.63, 3.8) is 0 Å². The van der Waals surface area contributed by atoms with E-state index in [1.807, 2.05) is 52.0 Å². The zero-order chi connectivity index (χ0) is 21.8. The minimum absolute atomic E-state index is 0.0815. The summed E-state index contributed by atoms with van der Waals surface area (Å²) in [6.45, 7) is 8.40. The van der Waals surface area contributed by atoms with Gasteiger partial charge in [-0.25, -0.2) is 0 Å². The summed E-state index contributed by atoms with van der Waals surface area (Å²) in [5.74, 6) is -0.492. The molecule has 0 radical (unpaired) electrons. The van der Waals surface area contributed by atoms with Crippen molar-refractivity contribution in [3.8, 4) is 0 Å². The molecule has 158 valence electrons. The Hall–Kier alpha value is -3.15. The molecule has 2 aromatic carbocycles. The average molecular weight is 408 g/mol. The topological polar surface area (TPSA) is 78.5 Å². The molecular weight excluding hydrogens is 378 g/mol. The first-order chi connectivity index (χ1) is 14.3. The van der Waals surface area contributed by atoms with Gasteiger partial charge in [0, 0.05) is 29.9 Å². The molecule has 3 rings (SSSR count). The molecule has 0 aliphatic carbocycles. The monoisotopic (exact) mass is 407 g/mol. The Kier molecular flexibility index (Phi) is 6.55. The van der Waals surface area contributed by atoms with Gasteiger partial charge >= 0.3 is 0 Å².